The van der Waals surface area contributed by atoms with Gasteiger partial charge in [-0.05, 0) is 36.4 Å². The monoisotopic (exact) mass is 466 g/mol. The first-order chi connectivity index (χ1) is 14.0. The fourth-order valence-corrected chi connectivity index (χ4v) is 3.95. The summed E-state index contributed by atoms with van der Waals surface area (Å²) in [6.45, 7) is 0. The van der Waals surface area contributed by atoms with Crippen LogP contribution in [-0.4, -0.2) is 26.6 Å². The second-order valence-electron chi connectivity index (χ2n) is 6.65. The number of nitrogens with zero attached hydrogens (tertiary/aromatic N) is 4. The van der Waals surface area contributed by atoms with Crippen LogP contribution in [-0.2, 0) is 7.05 Å². The van der Waals surface area contributed by atoms with Gasteiger partial charge in [0.25, 0.3) is 11.8 Å². The standard InChI is InChI=1S/C21H12BrClN4O2/c1-26-19-17(18(25-26)11-2-6-13(23)7-3-11)16-15(10-24-19)20(28)27(21(16)29)14-8-4-12(22)5-9-14/h2-10H,1H3. The molecular formula is C21H12BrClN4O2. The van der Waals surface area contributed by atoms with Crippen LogP contribution in [0, 0.1) is 0 Å². The second kappa shape index (κ2) is 6.50. The maximum atomic E-state index is 13.4. The Kier molecular flexibility index (Phi) is 4.04. The van der Waals surface area contributed by atoms with E-state index < -0.39 is 5.91 Å². The number of pyridine rings is 1. The lowest BCUT2D eigenvalue weighted by atomic mass is 10.0. The van der Waals surface area contributed by atoms with Crippen LogP contribution < -0.4 is 4.90 Å². The zero-order valence-corrected chi connectivity index (χ0v) is 17.4. The zero-order valence-electron chi connectivity index (χ0n) is 15.1. The van der Waals surface area contributed by atoms with Crippen molar-refractivity contribution in [2.24, 2.45) is 7.05 Å². The molecule has 4 aromatic rings. The fraction of sp³-hybridized carbons (Fsp3) is 0.0476. The van der Waals surface area contributed by atoms with Crippen LogP contribution in [0.15, 0.2) is 59.2 Å². The van der Waals surface area contributed by atoms with Crippen LogP contribution in [0.25, 0.3) is 22.3 Å². The number of anilines is 1. The zero-order chi connectivity index (χ0) is 20.3. The number of benzene rings is 2. The van der Waals surface area contributed by atoms with Crippen LogP contribution in [0.3, 0.4) is 0 Å². The normalized spacial score (nSPS) is 13.4. The lowest BCUT2D eigenvalue weighted by Gasteiger charge is -2.13. The Morgan fingerprint density at radius 1 is 0.966 bits per heavy atom. The van der Waals surface area contributed by atoms with E-state index >= 15 is 0 Å². The van der Waals surface area contributed by atoms with Crippen molar-refractivity contribution in [1.29, 1.82) is 0 Å². The number of rotatable bonds is 2. The third-order valence-corrected chi connectivity index (χ3v) is 5.69. The summed E-state index contributed by atoms with van der Waals surface area (Å²) in [5.74, 6) is -0.782. The van der Waals surface area contributed by atoms with Gasteiger partial charge in [-0.3, -0.25) is 9.59 Å². The molecule has 1 aliphatic rings. The van der Waals surface area contributed by atoms with Crippen LogP contribution in [0.1, 0.15) is 20.7 Å². The Morgan fingerprint density at radius 2 is 1.66 bits per heavy atom. The van der Waals surface area contributed by atoms with Crippen LogP contribution in [0.5, 0.6) is 0 Å². The Hall–Kier alpha value is -3.03. The number of aryl methyl sites for hydroxylation is 1. The summed E-state index contributed by atoms with van der Waals surface area (Å²) in [4.78, 5) is 32.0. The van der Waals surface area contributed by atoms with Gasteiger partial charge >= 0.3 is 0 Å². The maximum Gasteiger partial charge on any atom is 0.267 e. The molecular weight excluding hydrogens is 456 g/mol. The molecule has 0 saturated heterocycles. The number of amides is 2. The molecule has 2 aromatic carbocycles. The van der Waals surface area contributed by atoms with Gasteiger partial charge in [0.1, 0.15) is 5.69 Å². The average molecular weight is 468 g/mol. The summed E-state index contributed by atoms with van der Waals surface area (Å²) in [7, 11) is 1.76. The third-order valence-electron chi connectivity index (χ3n) is 4.91. The Labute approximate surface area is 178 Å². The minimum absolute atomic E-state index is 0.272. The maximum absolute atomic E-state index is 13.4. The highest BCUT2D eigenvalue weighted by atomic mass is 79.9. The van der Waals surface area contributed by atoms with Crippen LogP contribution in [0.4, 0.5) is 5.69 Å². The fourth-order valence-electron chi connectivity index (χ4n) is 3.56. The summed E-state index contributed by atoms with van der Waals surface area (Å²) in [5, 5.41) is 5.72. The highest BCUT2D eigenvalue weighted by molar-refractivity contribution is 9.10. The smallest absolute Gasteiger partial charge is 0.267 e. The van der Waals surface area contributed by atoms with Gasteiger partial charge in [-0.1, -0.05) is 39.7 Å². The predicted octanol–water partition coefficient (Wildman–Crippen LogP) is 4.85. The van der Waals surface area contributed by atoms with Crippen molar-refractivity contribution in [3.05, 3.63) is 75.4 Å². The van der Waals surface area contributed by atoms with Gasteiger partial charge in [0, 0.05) is 28.3 Å². The topological polar surface area (TPSA) is 68.1 Å². The predicted molar refractivity (Wildman–Crippen MR) is 114 cm³/mol. The van der Waals surface area contributed by atoms with Gasteiger partial charge in [0.05, 0.1) is 22.2 Å². The number of hydrogen-bond donors (Lipinski definition) is 0. The first kappa shape index (κ1) is 18.0. The number of carbonyl (C=O) groups is 2. The molecule has 0 spiro atoms. The molecule has 0 N–H and O–H groups in total. The molecule has 29 heavy (non-hydrogen) atoms. The number of carbonyl (C=O) groups excluding carboxylic acids is 2. The largest absolute Gasteiger partial charge is 0.268 e. The molecule has 5 rings (SSSR count). The molecule has 8 heteroatoms. The van der Waals surface area contributed by atoms with Gasteiger partial charge in [0.15, 0.2) is 5.65 Å². The third kappa shape index (κ3) is 2.69. The highest BCUT2D eigenvalue weighted by Crippen LogP contribution is 2.37. The highest BCUT2D eigenvalue weighted by Gasteiger charge is 2.40. The lowest BCUT2D eigenvalue weighted by molar-refractivity contribution is 0.0926. The van der Waals surface area contributed by atoms with E-state index in [9.17, 15) is 9.59 Å². The van der Waals surface area contributed by atoms with E-state index in [0.717, 1.165) is 10.0 Å². The molecule has 0 saturated carbocycles. The van der Waals surface area contributed by atoms with Crippen molar-refractivity contribution in [3.8, 4) is 11.3 Å². The number of fused-ring (bicyclic) bond motifs is 3. The molecule has 0 unspecified atom stereocenters. The van der Waals surface area contributed by atoms with Crippen LogP contribution in [0.2, 0.25) is 5.02 Å². The van der Waals surface area contributed by atoms with Gasteiger partial charge < -0.3 is 0 Å². The quantitative estimate of drug-likeness (QED) is 0.395. The van der Waals surface area contributed by atoms with Gasteiger partial charge in [-0.15, -0.1) is 0 Å². The number of aromatic nitrogens is 3. The second-order valence-corrected chi connectivity index (χ2v) is 8.00. The van der Waals surface area contributed by atoms with Crippen molar-refractivity contribution in [2.45, 2.75) is 0 Å². The van der Waals surface area contributed by atoms with E-state index in [1.165, 1.54) is 11.1 Å². The molecule has 0 radical (unpaired) electrons. The molecule has 6 nitrogen and oxygen atoms in total. The van der Waals surface area contributed by atoms with Gasteiger partial charge in [-0.2, -0.15) is 5.10 Å². The lowest BCUT2D eigenvalue weighted by Crippen LogP contribution is -2.29. The molecule has 0 aliphatic carbocycles. The van der Waals surface area contributed by atoms with Crippen molar-refractivity contribution in [1.82, 2.24) is 14.8 Å². The molecule has 142 valence electrons. The van der Waals surface area contributed by atoms with Crippen molar-refractivity contribution >= 4 is 56.1 Å². The molecule has 0 fully saturated rings. The van der Waals surface area contributed by atoms with Gasteiger partial charge in [-0.25, -0.2) is 14.6 Å². The number of hydrogen-bond acceptors (Lipinski definition) is 4. The first-order valence-electron chi connectivity index (χ1n) is 8.71. The SMILES string of the molecule is Cn1nc(-c2ccc(Cl)cc2)c2c3c(cnc21)C(=O)N(c1ccc(Br)cc1)C3=O. The van der Waals surface area contributed by atoms with E-state index in [-0.39, 0.29) is 11.5 Å². The molecule has 3 heterocycles. The van der Waals surface area contributed by atoms with E-state index in [1.54, 1.807) is 48.1 Å². The first-order valence-corrected chi connectivity index (χ1v) is 9.89. The summed E-state index contributed by atoms with van der Waals surface area (Å²) >= 11 is 9.38. The number of imide groups is 1. The molecule has 1 aliphatic heterocycles. The minimum atomic E-state index is -0.396. The van der Waals surface area contributed by atoms with E-state index in [0.29, 0.717) is 33.0 Å². The van der Waals surface area contributed by atoms with E-state index in [4.69, 9.17) is 11.6 Å². The van der Waals surface area contributed by atoms with Crippen molar-refractivity contribution < 1.29 is 9.59 Å². The van der Waals surface area contributed by atoms with E-state index in [2.05, 4.69) is 26.0 Å². The summed E-state index contributed by atoms with van der Waals surface area (Å²) in [6, 6.07) is 14.2. The van der Waals surface area contributed by atoms with Gasteiger partial charge in [0.2, 0.25) is 0 Å². The molecule has 0 bridgehead atoms. The van der Waals surface area contributed by atoms with Crippen molar-refractivity contribution in [2.75, 3.05) is 4.90 Å². The Balaban J connectivity index is 1.75. The number of halogens is 2. The van der Waals surface area contributed by atoms with Crippen molar-refractivity contribution in [3.63, 3.8) is 0 Å². The molecule has 0 atom stereocenters. The van der Waals surface area contributed by atoms with E-state index in [1.807, 2.05) is 12.1 Å². The van der Waals surface area contributed by atoms with Crippen LogP contribution >= 0.6 is 27.5 Å². The average Bonchev–Trinajstić information content (AvgIpc) is 3.18. The Bertz CT molecular complexity index is 1310. The molecule has 2 amide bonds. The summed E-state index contributed by atoms with van der Waals surface area (Å²) < 4.78 is 2.47. The summed E-state index contributed by atoms with van der Waals surface area (Å²) in [6.07, 6.45) is 1.45. The Morgan fingerprint density at radius 3 is 2.34 bits per heavy atom. The summed E-state index contributed by atoms with van der Waals surface area (Å²) in [5.41, 5.74) is 3.01. The minimum Gasteiger partial charge on any atom is -0.268 e. The molecule has 2 aromatic heterocycles.